The summed E-state index contributed by atoms with van der Waals surface area (Å²) in [5.41, 5.74) is 0. The summed E-state index contributed by atoms with van der Waals surface area (Å²) in [5, 5.41) is 3.19. The summed E-state index contributed by atoms with van der Waals surface area (Å²) in [5.74, 6) is 0.344. The van der Waals surface area contributed by atoms with E-state index in [2.05, 4.69) is 5.32 Å². The molecule has 3 heteroatoms. The Kier molecular flexibility index (Phi) is 19.4. The lowest BCUT2D eigenvalue weighted by molar-refractivity contribution is -0.111. The maximum absolute atomic E-state index is 10.1. The number of aldehydes is 1. The van der Waals surface area contributed by atoms with Crippen LogP contribution in [-0.2, 0) is 4.79 Å². The molecule has 0 atom stereocenters. The molecule has 0 aromatic carbocycles. The van der Waals surface area contributed by atoms with Crippen LogP contribution in [0.4, 0.5) is 0 Å². The molecule has 0 unspecified atom stereocenters. The zero-order valence-electron chi connectivity index (χ0n) is 7.60. The lowest BCUT2D eigenvalue weighted by Crippen LogP contribution is -2.28. The summed E-state index contributed by atoms with van der Waals surface area (Å²) in [6.07, 6.45) is 3.13. The molecule has 1 aliphatic rings. The van der Waals surface area contributed by atoms with Crippen molar-refractivity contribution in [2.45, 2.75) is 34.1 Å². The number of hydrogen-bond donors (Lipinski definition) is 2. The lowest BCUT2D eigenvalue weighted by atomic mass is 10.0. The molecular weight excluding hydrogens is 152 g/mol. The van der Waals surface area contributed by atoms with Crippen molar-refractivity contribution < 1.29 is 4.79 Å². The smallest absolute Gasteiger partial charge is 0.123 e. The third kappa shape index (κ3) is 7.69. The zero-order chi connectivity index (χ0) is 7.82. The summed E-state index contributed by atoms with van der Waals surface area (Å²) in [7, 11) is 0. The SMILES string of the molecule is C.CC.N.O=CC1CCNCC1. The van der Waals surface area contributed by atoms with Crippen LogP contribution in [0.1, 0.15) is 34.1 Å². The molecule has 1 aliphatic heterocycles. The highest BCUT2D eigenvalue weighted by Gasteiger charge is 2.09. The lowest BCUT2D eigenvalue weighted by Gasteiger charge is -2.16. The maximum atomic E-state index is 10.1. The molecule has 0 aromatic rings. The van der Waals surface area contributed by atoms with Crippen LogP contribution in [0.15, 0.2) is 0 Å². The molecule has 4 N–H and O–H groups in total. The van der Waals surface area contributed by atoms with Gasteiger partial charge in [0.25, 0.3) is 0 Å². The van der Waals surface area contributed by atoms with Crippen molar-refractivity contribution in [3.63, 3.8) is 0 Å². The van der Waals surface area contributed by atoms with Crippen molar-refractivity contribution >= 4 is 6.29 Å². The van der Waals surface area contributed by atoms with Crippen molar-refractivity contribution in [1.29, 1.82) is 0 Å². The number of carbonyl (C=O) groups excluding carboxylic acids is 1. The molecule has 0 spiro atoms. The van der Waals surface area contributed by atoms with Crippen LogP contribution in [0, 0.1) is 5.92 Å². The summed E-state index contributed by atoms with van der Waals surface area (Å²) >= 11 is 0. The molecule has 0 saturated carbocycles. The fourth-order valence-corrected chi connectivity index (χ4v) is 0.980. The average molecular weight is 176 g/mol. The van der Waals surface area contributed by atoms with Gasteiger partial charge >= 0.3 is 0 Å². The summed E-state index contributed by atoms with van der Waals surface area (Å²) in [6.45, 7) is 6.03. The standard InChI is InChI=1S/C6H11NO.C2H6.CH4.H3N/c8-5-6-1-3-7-4-2-6;1-2;;/h5-7H,1-4H2;1-2H3;1H4;1H3. The first-order chi connectivity index (χ1) is 4.93. The Balaban J connectivity index is -0.000000189. The minimum atomic E-state index is 0. The fraction of sp³-hybridized carbons (Fsp3) is 0.889. The molecule has 1 rings (SSSR count). The second-order valence-electron chi connectivity index (χ2n) is 2.22. The third-order valence-corrected chi connectivity index (χ3v) is 1.58. The normalized spacial score (nSPS) is 15.8. The molecule has 0 bridgehead atoms. The predicted molar refractivity (Wildman–Crippen MR) is 54.8 cm³/mol. The van der Waals surface area contributed by atoms with E-state index < -0.39 is 0 Å². The molecule has 0 aromatic heterocycles. The van der Waals surface area contributed by atoms with Gasteiger partial charge in [-0.2, -0.15) is 0 Å². The van der Waals surface area contributed by atoms with Gasteiger partial charge in [0.1, 0.15) is 6.29 Å². The quantitative estimate of drug-likeness (QED) is 0.601. The van der Waals surface area contributed by atoms with Crippen LogP contribution < -0.4 is 11.5 Å². The van der Waals surface area contributed by atoms with E-state index in [0.29, 0.717) is 5.92 Å². The minimum Gasteiger partial charge on any atom is -0.344 e. The molecule has 1 fully saturated rings. The van der Waals surface area contributed by atoms with Crippen LogP contribution in [0.25, 0.3) is 0 Å². The first-order valence-corrected chi connectivity index (χ1v) is 4.09. The van der Waals surface area contributed by atoms with Gasteiger partial charge in [-0.15, -0.1) is 0 Å². The van der Waals surface area contributed by atoms with Crippen molar-refractivity contribution in [1.82, 2.24) is 11.5 Å². The Labute approximate surface area is 76.5 Å². The average Bonchev–Trinajstić information content (AvgIpc) is 2.10. The summed E-state index contributed by atoms with van der Waals surface area (Å²) in [4.78, 5) is 10.1. The Morgan fingerprint density at radius 3 is 1.92 bits per heavy atom. The number of piperidine rings is 1. The van der Waals surface area contributed by atoms with Gasteiger partial charge in [0, 0.05) is 5.92 Å². The first-order valence-electron chi connectivity index (χ1n) is 4.09. The third-order valence-electron chi connectivity index (χ3n) is 1.58. The Morgan fingerprint density at radius 1 is 1.25 bits per heavy atom. The van der Waals surface area contributed by atoms with Crippen molar-refractivity contribution in [2.75, 3.05) is 13.1 Å². The van der Waals surface area contributed by atoms with Crippen molar-refractivity contribution in [2.24, 2.45) is 5.92 Å². The van der Waals surface area contributed by atoms with Gasteiger partial charge in [-0.1, -0.05) is 21.3 Å². The second-order valence-corrected chi connectivity index (χ2v) is 2.22. The van der Waals surface area contributed by atoms with Gasteiger partial charge in [-0.25, -0.2) is 0 Å². The van der Waals surface area contributed by atoms with E-state index >= 15 is 0 Å². The van der Waals surface area contributed by atoms with Crippen LogP contribution in [0.3, 0.4) is 0 Å². The Morgan fingerprint density at radius 2 is 1.67 bits per heavy atom. The Hall–Kier alpha value is -0.410. The molecular formula is C9H24N2O. The topological polar surface area (TPSA) is 64.1 Å². The fourth-order valence-electron chi connectivity index (χ4n) is 0.980. The highest BCUT2D eigenvalue weighted by atomic mass is 16.1. The number of rotatable bonds is 1. The highest BCUT2D eigenvalue weighted by Crippen LogP contribution is 2.06. The van der Waals surface area contributed by atoms with E-state index in [9.17, 15) is 4.79 Å². The molecule has 76 valence electrons. The zero-order valence-corrected chi connectivity index (χ0v) is 7.60. The van der Waals surface area contributed by atoms with E-state index in [-0.39, 0.29) is 13.6 Å². The number of nitrogens with one attached hydrogen (secondary N) is 1. The van der Waals surface area contributed by atoms with E-state index in [0.717, 1.165) is 32.2 Å². The molecule has 0 aliphatic carbocycles. The van der Waals surface area contributed by atoms with E-state index in [1.807, 2.05) is 13.8 Å². The first kappa shape index (κ1) is 17.6. The highest BCUT2D eigenvalue weighted by molar-refractivity contribution is 5.53. The molecule has 12 heavy (non-hydrogen) atoms. The van der Waals surface area contributed by atoms with Crippen LogP contribution in [0.2, 0.25) is 0 Å². The second kappa shape index (κ2) is 13.2. The molecule has 1 heterocycles. The van der Waals surface area contributed by atoms with Gasteiger partial charge in [0.05, 0.1) is 0 Å². The number of hydrogen-bond acceptors (Lipinski definition) is 3. The molecule has 1 saturated heterocycles. The van der Waals surface area contributed by atoms with E-state index in [1.54, 1.807) is 0 Å². The largest absolute Gasteiger partial charge is 0.344 e. The van der Waals surface area contributed by atoms with Crippen LogP contribution in [0.5, 0.6) is 0 Å². The molecule has 0 radical (unpaired) electrons. The van der Waals surface area contributed by atoms with Gasteiger partial charge in [0.2, 0.25) is 0 Å². The summed E-state index contributed by atoms with van der Waals surface area (Å²) < 4.78 is 0. The number of carbonyl (C=O) groups is 1. The predicted octanol–water partition coefficient (Wildman–Crippen LogP) is 2.01. The van der Waals surface area contributed by atoms with E-state index in [1.165, 1.54) is 0 Å². The van der Waals surface area contributed by atoms with Gasteiger partial charge in [-0.3, -0.25) is 0 Å². The molecule has 3 nitrogen and oxygen atoms in total. The monoisotopic (exact) mass is 176 g/mol. The van der Waals surface area contributed by atoms with Gasteiger partial charge in [0.15, 0.2) is 0 Å². The Bertz CT molecular complexity index is 80.6. The van der Waals surface area contributed by atoms with E-state index in [4.69, 9.17) is 0 Å². The van der Waals surface area contributed by atoms with Crippen LogP contribution in [-0.4, -0.2) is 19.4 Å². The summed E-state index contributed by atoms with van der Waals surface area (Å²) in [6, 6.07) is 0. The van der Waals surface area contributed by atoms with Gasteiger partial charge in [-0.05, 0) is 25.9 Å². The van der Waals surface area contributed by atoms with Crippen LogP contribution >= 0.6 is 0 Å². The van der Waals surface area contributed by atoms with Crippen molar-refractivity contribution in [3.05, 3.63) is 0 Å². The van der Waals surface area contributed by atoms with Gasteiger partial charge < -0.3 is 16.3 Å². The van der Waals surface area contributed by atoms with Crippen molar-refractivity contribution in [3.8, 4) is 0 Å². The minimum absolute atomic E-state index is 0. The maximum Gasteiger partial charge on any atom is 0.123 e. The molecule has 0 amide bonds.